The van der Waals surface area contributed by atoms with Gasteiger partial charge < -0.3 is 14.6 Å². The minimum absolute atomic E-state index is 0.0584. The molecular weight excluding hydrogens is 347 g/mol. The molecule has 0 bridgehead atoms. The second-order valence-electron chi connectivity index (χ2n) is 3.90. The highest BCUT2D eigenvalue weighted by Gasteiger charge is 2.39. The fraction of sp³-hybridized carbons (Fsp3) is 0.182. The van der Waals surface area contributed by atoms with Crippen molar-refractivity contribution in [2.24, 2.45) is 0 Å². The third kappa shape index (κ3) is 3.20. The van der Waals surface area contributed by atoms with E-state index in [-0.39, 0.29) is 16.5 Å². The Bertz CT molecular complexity index is 810. The van der Waals surface area contributed by atoms with Gasteiger partial charge in [-0.3, -0.25) is 4.79 Å². The SMILES string of the molecule is N#Cc1c(SCc2cc(O)no2)[nH]c(=O)c(Cl)c1C(F)(F)F. The van der Waals surface area contributed by atoms with Gasteiger partial charge in [-0.2, -0.15) is 18.4 Å². The van der Waals surface area contributed by atoms with E-state index in [4.69, 9.17) is 22.0 Å². The molecule has 2 rings (SSSR count). The lowest BCUT2D eigenvalue weighted by atomic mass is 10.1. The number of pyridine rings is 1. The first-order valence-electron chi connectivity index (χ1n) is 5.44. The maximum atomic E-state index is 13.0. The maximum absolute atomic E-state index is 13.0. The van der Waals surface area contributed by atoms with E-state index < -0.39 is 33.8 Å². The van der Waals surface area contributed by atoms with Crippen LogP contribution in [-0.4, -0.2) is 15.2 Å². The highest BCUT2D eigenvalue weighted by Crippen LogP contribution is 2.38. The molecule has 2 heterocycles. The summed E-state index contributed by atoms with van der Waals surface area (Å²) in [4.78, 5) is 13.6. The van der Waals surface area contributed by atoms with Crippen molar-refractivity contribution < 1.29 is 22.8 Å². The molecule has 116 valence electrons. The van der Waals surface area contributed by atoms with Gasteiger partial charge in [-0.1, -0.05) is 23.4 Å². The minimum atomic E-state index is -4.95. The molecule has 0 aliphatic heterocycles. The Kier molecular flexibility index (Phi) is 4.39. The average Bonchev–Trinajstić information content (AvgIpc) is 2.83. The topological polar surface area (TPSA) is 103 Å². The van der Waals surface area contributed by atoms with Crippen LogP contribution in [0.1, 0.15) is 16.9 Å². The van der Waals surface area contributed by atoms with Gasteiger partial charge in [-0.25, -0.2) is 0 Å². The first-order chi connectivity index (χ1) is 10.2. The van der Waals surface area contributed by atoms with Gasteiger partial charge in [0, 0.05) is 6.07 Å². The van der Waals surface area contributed by atoms with Crippen molar-refractivity contribution in [1.82, 2.24) is 10.1 Å². The number of nitrogens with one attached hydrogen (secondary N) is 1. The van der Waals surface area contributed by atoms with Crippen molar-refractivity contribution in [2.75, 3.05) is 0 Å². The van der Waals surface area contributed by atoms with Gasteiger partial charge >= 0.3 is 6.18 Å². The molecule has 6 nitrogen and oxygen atoms in total. The highest BCUT2D eigenvalue weighted by molar-refractivity contribution is 7.98. The number of nitriles is 1. The van der Waals surface area contributed by atoms with Gasteiger partial charge in [0.25, 0.3) is 11.4 Å². The fourth-order valence-electron chi connectivity index (χ4n) is 1.55. The van der Waals surface area contributed by atoms with E-state index in [1.54, 1.807) is 0 Å². The van der Waals surface area contributed by atoms with Crippen LogP contribution in [0.15, 0.2) is 20.4 Å². The highest BCUT2D eigenvalue weighted by atomic mass is 35.5. The van der Waals surface area contributed by atoms with Crippen LogP contribution in [0.5, 0.6) is 5.88 Å². The minimum Gasteiger partial charge on any atom is -0.491 e. The van der Waals surface area contributed by atoms with Gasteiger partial charge in [0.2, 0.25) is 0 Å². The number of aromatic amines is 1. The van der Waals surface area contributed by atoms with Gasteiger partial charge in [0.05, 0.1) is 16.3 Å². The summed E-state index contributed by atoms with van der Waals surface area (Å²) in [6.45, 7) is 0. The van der Waals surface area contributed by atoms with E-state index in [9.17, 15) is 18.0 Å². The molecule has 0 aliphatic rings. The second kappa shape index (κ2) is 5.94. The Labute approximate surface area is 129 Å². The van der Waals surface area contributed by atoms with Gasteiger partial charge in [-0.15, -0.1) is 0 Å². The summed E-state index contributed by atoms with van der Waals surface area (Å²) >= 11 is 6.08. The van der Waals surface area contributed by atoms with Gasteiger partial charge in [-0.05, 0) is 5.16 Å². The van der Waals surface area contributed by atoms with Crippen LogP contribution in [0.4, 0.5) is 13.2 Å². The second-order valence-corrected chi connectivity index (χ2v) is 5.26. The molecule has 0 aliphatic carbocycles. The summed E-state index contributed by atoms with van der Waals surface area (Å²) in [6, 6.07) is 2.54. The molecule has 0 saturated heterocycles. The predicted octanol–water partition coefficient (Wildman–Crippen LogP) is 2.90. The van der Waals surface area contributed by atoms with E-state index in [1.165, 1.54) is 6.07 Å². The summed E-state index contributed by atoms with van der Waals surface area (Å²) in [7, 11) is 0. The smallest absolute Gasteiger partial charge is 0.419 e. The first kappa shape index (κ1) is 16.3. The van der Waals surface area contributed by atoms with Crippen molar-refractivity contribution in [3.8, 4) is 11.9 Å². The van der Waals surface area contributed by atoms with Crippen LogP contribution in [0.3, 0.4) is 0 Å². The molecular formula is C11H5ClF3N3O3S. The van der Waals surface area contributed by atoms with E-state index >= 15 is 0 Å². The van der Waals surface area contributed by atoms with E-state index in [1.807, 2.05) is 0 Å². The number of hydrogen-bond acceptors (Lipinski definition) is 6. The third-order valence-corrected chi connectivity index (χ3v) is 3.81. The van der Waals surface area contributed by atoms with Crippen molar-refractivity contribution in [2.45, 2.75) is 17.0 Å². The quantitative estimate of drug-likeness (QED) is 0.824. The van der Waals surface area contributed by atoms with Crippen LogP contribution in [0.25, 0.3) is 0 Å². The lowest BCUT2D eigenvalue weighted by Gasteiger charge is -2.12. The molecule has 2 N–H and O–H groups in total. The van der Waals surface area contributed by atoms with Crippen molar-refractivity contribution in [1.29, 1.82) is 5.26 Å². The Morgan fingerprint density at radius 3 is 2.73 bits per heavy atom. The van der Waals surface area contributed by atoms with Crippen molar-refractivity contribution in [3.05, 3.63) is 38.3 Å². The van der Waals surface area contributed by atoms with Crippen LogP contribution < -0.4 is 5.56 Å². The Balaban J connectivity index is 2.46. The number of aromatic hydroxyl groups is 1. The van der Waals surface area contributed by atoms with Gasteiger partial charge in [0.15, 0.2) is 5.76 Å². The molecule has 11 heteroatoms. The molecule has 0 unspecified atom stereocenters. The fourth-order valence-corrected chi connectivity index (χ4v) is 2.68. The number of hydrogen-bond donors (Lipinski definition) is 2. The Morgan fingerprint density at radius 2 is 2.23 bits per heavy atom. The molecule has 2 aromatic heterocycles. The number of nitrogens with zero attached hydrogens (tertiary/aromatic N) is 2. The standard InChI is InChI=1S/C11H5ClF3N3O3S/c12-8-7(11(13,14)15)5(2-16)10(17-9(8)20)22-3-4-1-6(19)18-21-4/h1H,3H2,(H,17,20)(H,18,19). The molecule has 0 fully saturated rings. The van der Waals surface area contributed by atoms with E-state index in [2.05, 4.69) is 14.7 Å². The third-order valence-electron chi connectivity index (χ3n) is 2.42. The molecule has 0 amide bonds. The van der Waals surface area contributed by atoms with Crippen LogP contribution in [0, 0.1) is 11.3 Å². The molecule has 0 spiro atoms. The molecule has 0 aromatic carbocycles. The molecule has 2 aromatic rings. The predicted molar refractivity (Wildman–Crippen MR) is 69.5 cm³/mol. The van der Waals surface area contributed by atoms with E-state index in [0.717, 1.165) is 6.07 Å². The lowest BCUT2D eigenvalue weighted by Crippen LogP contribution is -2.19. The number of rotatable bonds is 3. The van der Waals surface area contributed by atoms with Crippen molar-refractivity contribution >= 4 is 23.4 Å². The number of aromatic nitrogens is 2. The number of alkyl halides is 3. The molecule has 22 heavy (non-hydrogen) atoms. The molecule has 0 radical (unpaired) electrons. The normalized spacial score (nSPS) is 11.4. The first-order valence-corrected chi connectivity index (χ1v) is 6.80. The zero-order valence-electron chi connectivity index (χ0n) is 10.4. The molecule has 0 saturated carbocycles. The monoisotopic (exact) mass is 351 g/mol. The van der Waals surface area contributed by atoms with Crippen LogP contribution in [0.2, 0.25) is 5.02 Å². The van der Waals surface area contributed by atoms with Gasteiger partial charge in [0.1, 0.15) is 16.7 Å². The zero-order chi connectivity index (χ0) is 16.5. The summed E-state index contributed by atoms with van der Waals surface area (Å²) in [6.07, 6.45) is -4.95. The summed E-state index contributed by atoms with van der Waals surface area (Å²) < 4.78 is 43.6. The Morgan fingerprint density at radius 1 is 1.55 bits per heavy atom. The number of H-pyrrole nitrogens is 1. The molecule has 0 atom stereocenters. The lowest BCUT2D eigenvalue weighted by molar-refractivity contribution is -0.138. The Hall–Kier alpha value is -2.12. The largest absolute Gasteiger partial charge is 0.491 e. The number of halogens is 4. The summed E-state index contributed by atoms with van der Waals surface area (Å²) in [5, 5.41) is 19.7. The zero-order valence-corrected chi connectivity index (χ0v) is 11.9. The summed E-state index contributed by atoms with van der Waals surface area (Å²) in [5.41, 5.74) is -3.43. The van der Waals surface area contributed by atoms with E-state index in [0.29, 0.717) is 11.8 Å². The summed E-state index contributed by atoms with van der Waals surface area (Å²) in [5.74, 6) is -0.302. The average molecular weight is 352 g/mol. The maximum Gasteiger partial charge on any atom is 0.419 e. The van der Waals surface area contributed by atoms with Crippen LogP contribution in [-0.2, 0) is 11.9 Å². The number of thioether (sulfide) groups is 1. The van der Waals surface area contributed by atoms with Crippen molar-refractivity contribution in [3.63, 3.8) is 0 Å². The van der Waals surface area contributed by atoms with Crippen LogP contribution >= 0.6 is 23.4 Å².